The van der Waals surface area contributed by atoms with Crippen LogP contribution in [0, 0.1) is 5.82 Å². The summed E-state index contributed by atoms with van der Waals surface area (Å²) in [5.41, 5.74) is 3.06. The zero-order valence-corrected chi connectivity index (χ0v) is 22.1. The van der Waals surface area contributed by atoms with Gasteiger partial charge in [-0.25, -0.2) is 23.2 Å². The molecule has 1 saturated heterocycles. The molecular formula is C30H32FN5O3. The number of hydrogen-bond acceptors (Lipinski definition) is 6. The molecule has 0 spiro atoms. The lowest BCUT2D eigenvalue weighted by Gasteiger charge is -2.39. The highest BCUT2D eigenvalue weighted by Crippen LogP contribution is 2.26. The van der Waals surface area contributed by atoms with Crippen molar-refractivity contribution < 1.29 is 13.9 Å². The molecule has 0 amide bonds. The zero-order chi connectivity index (χ0) is 27.4. The van der Waals surface area contributed by atoms with Crippen LogP contribution in [-0.4, -0.2) is 58.0 Å². The van der Waals surface area contributed by atoms with Crippen molar-refractivity contribution in [2.75, 3.05) is 37.7 Å². The highest BCUT2D eigenvalue weighted by molar-refractivity contribution is 5.77. The second kappa shape index (κ2) is 11.7. The molecule has 1 aliphatic heterocycles. The van der Waals surface area contributed by atoms with E-state index in [4.69, 9.17) is 4.74 Å². The molecule has 0 aliphatic carbocycles. The number of esters is 1. The Morgan fingerprint density at radius 1 is 0.923 bits per heavy atom. The van der Waals surface area contributed by atoms with Gasteiger partial charge in [0.1, 0.15) is 18.2 Å². The van der Waals surface area contributed by atoms with Crippen LogP contribution in [0.25, 0.3) is 5.69 Å². The molecule has 0 radical (unpaired) electrons. The fourth-order valence-corrected chi connectivity index (χ4v) is 5.08. The Balaban J connectivity index is 1.27. The Morgan fingerprint density at radius 2 is 1.59 bits per heavy atom. The van der Waals surface area contributed by atoms with E-state index in [9.17, 15) is 14.0 Å². The van der Waals surface area contributed by atoms with Crippen molar-refractivity contribution in [3.05, 3.63) is 113 Å². The maximum atomic E-state index is 13.7. The summed E-state index contributed by atoms with van der Waals surface area (Å²) >= 11 is 0. The van der Waals surface area contributed by atoms with Gasteiger partial charge in [0.2, 0.25) is 0 Å². The minimum atomic E-state index is -0.422. The van der Waals surface area contributed by atoms with Crippen LogP contribution in [0.2, 0.25) is 0 Å². The fourth-order valence-electron chi connectivity index (χ4n) is 5.08. The molecule has 5 rings (SSSR count). The first-order valence-electron chi connectivity index (χ1n) is 13.2. The molecule has 8 nitrogen and oxygen atoms in total. The van der Waals surface area contributed by atoms with Gasteiger partial charge in [0, 0.05) is 31.9 Å². The van der Waals surface area contributed by atoms with Crippen LogP contribution in [0.5, 0.6) is 0 Å². The lowest BCUT2D eigenvalue weighted by molar-refractivity contribution is -0.150. The monoisotopic (exact) mass is 529 g/mol. The average Bonchev–Trinajstić information content (AvgIpc) is 3.35. The summed E-state index contributed by atoms with van der Waals surface area (Å²) < 4.78 is 21.9. The Bertz CT molecular complexity index is 1460. The van der Waals surface area contributed by atoms with Crippen molar-refractivity contribution in [2.24, 2.45) is 0 Å². The zero-order valence-electron chi connectivity index (χ0n) is 22.1. The molecule has 2 atom stereocenters. The molecule has 0 saturated carbocycles. The molecule has 0 N–H and O–H groups in total. The van der Waals surface area contributed by atoms with Gasteiger partial charge in [-0.15, -0.1) is 0 Å². The van der Waals surface area contributed by atoms with Crippen LogP contribution in [0.15, 0.2) is 90.0 Å². The van der Waals surface area contributed by atoms with E-state index in [1.807, 2.05) is 68.4 Å². The van der Waals surface area contributed by atoms with E-state index >= 15 is 0 Å². The van der Waals surface area contributed by atoms with E-state index < -0.39 is 12.1 Å². The fraction of sp³-hybridized carbons (Fsp3) is 0.300. The van der Waals surface area contributed by atoms with Crippen molar-refractivity contribution in [1.29, 1.82) is 0 Å². The first-order chi connectivity index (χ1) is 19.0. The predicted molar refractivity (Wildman–Crippen MR) is 148 cm³/mol. The van der Waals surface area contributed by atoms with E-state index in [2.05, 4.69) is 14.9 Å². The first-order valence-corrected chi connectivity index (χ1v) is 13.2. The van der Waals surface area contributed by atoms with Crippen molar-refractivity contribution in [1.82, 2.24) is 19.2 Å². The van der Waals surface area contributed by atoms with E-state index in [1.54, 1.807) is 12.1 Å². The lowest BCUT2D eigenvalue weighted by Crippen LogP contribution is -2.49. The van der Waals surface area contributed by atoms with Gasteiger partial charge in [-0.3, -0.25) is 4.90 Å². The summed E-state index contributed by atoms with van der Waals surface area (Å²) in [6.07, 6.45) is 1.49. The largest absolute Gasteiger partial charge is 0.465 e. The van der Waals surface area contributed by atoms with Gasteiger partial charge >= 0.3 is 11.7 Å². The summed E-state index contributed by atoms with van der Waals surface area (Å²) in [5.74, 6) is -0.570. The van der Waals surface area contributed by atoms with Gasteiger partial charge in [0.25, 0.3) is 0 Å². The summed E-state index contributed by atoms with van der Waals surface area (Å²) in [5, 5.41) is 4.28. The SMILES string of the molecule is CCOC(=O)C(c1ccccc1)N1CCN(c2ccc(-n3cnn(C(C)c4cccc(F)c4)c3=O)cc2)CC1. The van der Waals surface area contributed by atoms with Crippen LogP contribution >= 0.6 is 0 Å². The standard InChI is InChI=1S/C30H32FN5O3/c1-3-39-29(37)28(23-8-5-4-6-9-23)34-18-16-33(17-19-34)26-12-14-27(15-13-26)35-21-32-36(30(35)38)22(2)24-10-7-11-25(31)20-24/h4-15,20-22,28H,3,16-19H2,1-2H3. The highest BCUT2D eigenvalue weighted by atomic mass is 19.1. The molecule has 202 valence electrons. The van der Waals surface area contributed by atoms with Crippen LogP contribution in [0.3, 0.4) is 0 Å². The number of hydrogen-bond donors (Lipinski definition) is 0. The van der Waals surface area contributed by atoms with Crippen molar-refractivity contribution in [3.8, 4) is 5.69 Å². The molecule has 1 aromatic heterocycles. The van der Waals surface area contributed by atoms with Crippen molar-refractivity contribution in [2.45, 2.75) is 25.9 Å². The minimum Gasteiger partial charge on any atom is -0.465 e. The number of rotatable bonds is 8. The molecular weight excluding hydrogens is 497 g/mol. The Labute approximate surface area is 226 Å². The Hall–Kier alpha value is -4.24. The molecule has 3 aromatic carbocycles. The summed E-state index contributed by atoms with van der Waals surface area (Å²) in [6.45, 7) is 6.93. The van der Waals surface area contributed by atoms with E-state index in [1.165, 1.54) is 27.7 Å². The molecule has 4 aromatic rings. The first kappa shape index (κ1) is 26.4. The predicted octanol–water partition coefficient (Wildman–Crippen LogP) is 4.21. The number of ether oxygens (including phenoxy) is 1. The second-order valence-electron chi connectivity index (χ2n) is 9.56. The molecule has 0 bridgehead atoms. The third kappa shape index (κ3) is 5.63. The number of piperazine rings is 1. The topological polar surface area (TPSA) is 72.6 Å². The van der Waals surface area contributed by atoms with Gasteiger partial charge in [0.15, 0.2) is 0 Å². The van der Waals surface area contributed by atoms with Gasteiger partial charge in [0.05, 0.1) is 18.3 Å². The maximum absolute atomic E-state index is 13.7. The van der Waals surface area contributed by atoms with E-state index in [0.717, 1.165) is 24.3 Å². The van der Waals surface area contributed by atoms with Crippen molar-refractivity contribution >= 4 is 11.7 Å². The summed E-state index contributed by atoms with van der Waals surface area (Å²) in [6, 6.07) is 22.9. The van der Waals surface area contributed by atoms with Gasteiger partial charge in [-0.05, 0) is 61.4 Å². The smallest absolute Gasteiger partial charge is 0.350 e. The van der Waals surface area contributed by atoms with Crippen LogP contribution < -0.4 is 10.6 Å². The highest BCUT2D eigenvalue weighted by Gasteiger charge is 2.31. The van der Waals surface area contributed by atoms with Gasteiger partial charge in [-0.2, -0.15) is 5.10 Å². The van der Waals surface area contributed by atoms with Crippen molar-refractivity contribution in [3.63, 3.8) is 0 Å². The number of aromatic nitrogens is 3. The third-order valence-electron chi connectivity index (χ3n) is 7.19. The molecule has 1 fully saturated rings. The van der Waals surface area contributed by atoms with Gasteiger partial charge < -0.3 is 9.64 Å². The van der Waals surface area contributed by atoms with E-state index in [-0.39, 0.29) is 17.5 Å². The number of nitrogens with zero attached hydrogens (tertiary/aromatic N) is 5. The maximum Gasteiger partial charge on any atom is 0.350 e. The third-order valence-corrected chi connectivity index (χ3v) is 7.19. The second-order valence-corrected chi connectivity index (χ2v) is 9.56. The van der Waals surface area contributed by atoms with Gasteiger partial charge in [-0.1, -0.05) is 42.5 Å². The molecule has 1 aliphatic rings. The van der Waals surface area contributed by atoms with Crippen LogP contribution in [-0.2, 0) is 9.53 Å². The lowest BCUT2D eigenvalue weighted by atomic mass is 10.0. The normalized spacial score (nSPS) is 15.6. The Morgan fingerprint density at radius 3 is 2.26 bits per heavy atom. The average molecular weight is 530 g/mol. The van der Waals surface area contributed by atoms with Crippen LogP contribution in [0.1, 0.15) is 37.1 Å². The molecule has 9 heteroatoms. The van der Waals surface area contributed by atoms with E-state index in [0.29, 0.717) is 30.9 Å². The molecule has 2 unspecified atom stereocenters. The number of carbonyl (C=O) groups excluding carboxylic acids is 1. The number of anilines is 1. The number of benzene rings is 3. The quantitative estimate of drug-likeness (QED) is 0.319. The van der Waals surface area contributed by atoms with Crippen LogP contribution in [0.4, 0.5) is 10.1 Å². The number of halogens is 1. The summed E-state index contributed by atoms with van der Waals surface area (Å²) in [7, 11) is 0. The molecule has 39 heavy (non-hydrogen) atoms. The molecule has 2 heterocycles. The minimum absolute atomic E-state index is 0.223. The Kier molecular flexibility index (Phi) is 7.88. The summed E-state index contributed by atoms with van der Waals surface area (Å²) in [4.78, 5) is 30.3. The number of carbonyl (C=O) groups is 1.